The van der Waals surface area contributed by atoms with Crippen molar-refractivity contribution in [1.29, 1.82) is 0 Å². The molecule has 6 heteroatoms. The van der Waals surface area contributed by atoms with Crippen LogP contribution in [0.25, 0.3) is 0 Å². The van der Waals surface area contributed by atoms with Crippen molar-refractivity contribution < 1.29 is 31.0 Å². The minimum absolute atomic E-state index is 0. The zero-order valence-electron chi connectivity index (χ0n) is 19.5. The van der Waals surface area contributed by atoms with E-state index in [0.29, 0.717) is 5.92 Å². The van der Waals surface area contributed by atoms with Crippen LogP contribution in [0.4, 0.5) is 0 Å². The predicted molar refractivity (Wildman–Crippen MR) is 124 cm³/mol. The van der Waals surface area contributed by atoms with E-state index in [9.17, 15) is 4.79 Å². The maximum absolute atomic E-state index is 13.9. The average Bonchev–Trinajstić information content (AvgIpc) is 3.12. The van der Waals surface area contributed by atoms with E-state index in [1.807, 2.05) is 12.3 Å². The molecule has 5 nitrogen and oxygen atoms in total. The number of benzene rings is 1. The van der Waals surface area contributed by atoms with Crippen molar-refractivity contribution in [3.8, 4) is 0 Å². The lowest BCUT2D eigenvalue weighted by molar-refractivity contribution is -0.946. The Morgan fingerprint density at radius 3 is 2.42 bits per heavy atom. The van der Waals surface area contributed by atoms with Crippen LogP contribution in [0.15, 0.2) is 48.9 Å². The number of nitrogens with zero attached hydrogens (tertiary/aromatic N) is 3. The Bertz CT molecular complexity index is 892. The van der Waals surface area contributed by atoms with E-state index in [0.717, 1.165) is 73.8 Å². The van der Waals surface area contributed by atoms with E-state index >= 15 is 0 Å². The highest BCUT2D eigenvalue weighted by Crippen LogP contribution is 2.42. The SMILES string of the molecule is O=C(OC1C[N+]2(CCc3cnccn3)CCC1CC2)C1(c2ccccc2)CCCCCC1.[Br-]. The van der Waals surface area contributed by atoms with Gasteiger partial charge in [-0.05, 0) is 18.4 Å². The zero-order valence-corrected chi connectivity index (χ0v) is 21.1. The molecule has 33 heavy (non-hydrogen) atoms. The van der Waals surface area contributed by atoms with Crippen LogP contribution < -0.4 is 17.0 Å². The summed E-state index contributed by atoms with van der Waals surface area (Å²) in [7, 11) is 0. The van der Waals surface area contributed by atoms with E-state index in [1.165, 1.54) is 25.9 Å². The number of hydrogen-bond donors (Lipinski definition) is 0. The molecule has 1 saturated carbocycles. The van der Waals surface area contributed by atoms with Crippen LogP contribution in [0.2, 0.25) is 0 Å². The molecular weight excluding hydrogens is 478 g/mol. The first-order valence-electron chi connectivity index (χ1n) is 12.6. The van der Waals surface area contributed by atoms with Crippen molar-refractivity contribution in [3.63, 3.8) is 0 Å². The van der Waals surface area contributed by atoms with Gasteiger partial charge in [0.1, 0.15) is 6.54 Å². The van der Waals surface area contributed by atoms with Gasteiger partial charge < -0.3 is 26.2 Å². The molecule has 1 aliphatic carbocycles. The molecule has 3 aliphatic heterocycles. The topological polar surface area (TPSA) is 52.1 Å². The Labute approximate surface area is 208 Å². The van der Waals surface area contributed by atoms with Crippen molar-refractivity contribution in [1.82, 2.24) is 9.97 Å². The largest absolute Gasteiger partial charge is 1.00 e. The smallest absolute Gasteiger partial charge is 0.317 e. The third-order valence-electron chi connectivity index (χ3n) is 8.43. The van der Waals surface area contributed by atoms with Gasteiger partial charge in [0.25, 0.3) is 0 Å². The van der Waals surface area contributed by atoms with Gasteiger partial charge in [-0.25, -0.2) is 0 Å². The highest BCUT2D eigenvalue weighted by molar-refractivity contribution is 5.83. The molecule has 0 N–H and O–H groups in total. The highest BCUT2D eigenvalue weighted by Gasteiger charge is 2.50. The molecule has 178 valence electrons. The summed E-state index contributed by atoms with van der Waals surface area (Å²) >= 11 is 0. The number of esters is 1. The van der Waals surface area contributed by atoms with E-state index in [-0.39, 0.29) is 29.1 Å². The van der Waals surface area contributed by atoms with E-state index < -0.39 is 5.41 Å². The minimum atomic E-state index is -0.464. The van der Waals surface area contributed by atoms with Crippen molar-refractivity contribution in [2.45, 2.75) is 69.3 Å². The maximum atomic E-state index is 13.9. The Balaban J connectivity index is 0.00000259. The van der Waals surface area contributed by atoms with Crippen LogP contribution in [-0.2, 0) is 21.4 Å². The zero-order chi connectivity index (χ0) is 21.9. The number of halogens is 1. The third-order valence-corrected chi connectivity index (χ3v) is 8.43. The number of quaternary nitrogens is 1. The summed E-state index contributed by atoms with van der Waals surface area (Å²) in [6, 6.07) is 10.4. The number of carbonyl (C=O) groups excluding carboxylic acids is 1. The molecule has 4 aliphatic rings. The van der Waals surface area contributed by atoms with Crippen LogP contribution in [0.5, 0.6) is 0 Å². The van der Waals surface area contributed by atoms with Crippen LogP contribution in [0.3, 0.4) is 0 Å². The lowest BCUT2D eigenvalue weighted by Gasteiger charge is -2.52. The van der Waals surface area contributed by atoms with Crippen LogP contribution in [0.1, 0.15) is 62.6 Å². The number of fused-ring (bicyclic) bond motifs is 3. The van der Waals surface area contributed by atoms with E-state index in [2.05, 4.69) is 34.2 Å². The number of aromatic nitrogens is 2. The summed E-state index contributed by atoms with van der Waals surface area (Å²) in [6.07, 6.45) is 15.2. The molecule has 2 bridgehead atoms. The molecule has 4 fully saturated rings. The molecule has 0 amide bonds. The second-order valence-electron chi connectivity index (χ2n) is 10.3. The number of rotatable bonds is 6. The molecule has 1 unspecified atom stereocenters. The standard InChI is InChI=1S/C27H36N3O2.BrH/c31-26(27(13-6-1-2-7-14-27)23-8-4-3-5-9-23)32-25-21-30(17-10-22(25)11-18-30)19-12-24-20-28-15-16-29-24;/h3-5,8-9,15-16,20,22,25H,1-2,6-7,10-14,17-19,21H2;1H/q+1;/p-1. The second-order valence-corrected chi connectivity index (χ2v) is 10.3. The molecule has 0 spiro atoms. The summed E-state index contributed by atoms with van der Waals surface area (Å²) in [5.74, 6) is 0.561. The van der Waals surface area contributed by atoms with Crippen LogP contribution in [-0.4, -0.2) is 52.7 Å². The predicted octanol–water partition coefficient (Wildman–Crippen LogP) is 1.47. The molecule has 6 rings (SSSR count). The van der Waals surface area contributed by atoms with Gasteiger partial charge >= 0.3 is 5.97 Å². The Kier molecular flexibility index (Phi) is 7.85. The molecule has 0 radical (unpaired) electrons. The van der Waals surface area contributed by atoms with Gasteiger partial charge in [-0.15, -0.1) is 0 Å². The first kappa shape index (κ1) is 24.3. The first-order chi connectivity index (χ1) is 15.7. The highest BCUT2D eigenvalue weighted by atomic mass is 79.9. The van der Waals surface area contributed by atoms with Crippen molar-refractivity contribution in [3.05, 3.63) is 60.2 Å². The molecule has 4 heterocycles. The van der Waals surface area contributed by atoms with Gasteiger partial charge in [0.15, 0.2) is 6.10 Å². The van der Waals surface area contributed by atoms with E-state index in [4.69, 9.17) is 4.74 Å². The van der Waals surface area contributed by atoms with Crippen molar-refractivity contribution >= 4 is 5.97 Å². The molecule has 1 aromatic heterocycles. The normalized spacial score (nSPS) is 28.4. The Morgan fingerprint density at radius 1 is 1.03 bits per heavy atom. The van der Waals surface area contributed by atoms with Gasteiger partial charge in [0.05, 0.1) is 30.7 Å². The molecule has 3 saturated heterocycles. The number of ether oxygens (including phenoxy) is 1. The van der Waals surface area contributed by atoms with E-state index in [1.54, 1.807) is 12.4 Å². The number of carbonyl (C=O) groups is 1. The average molecular weight is 515 g/mol. The Morgan fingerprint density at radius 2 is 1.76 bits per heavy atom. The van der Waals surface area contributed by atoms with Crippen molar-refractivity contribution in [2.24, 2.45) is 5.92 Å². The molecular formula is C27H36BrN3O2. The summed E-state index contributed by atoms with van der Waals surface area (Å²) in [6.45, 7) is 4.41. The lowest BCUT2D eigenvalue weighted by atomic mass is 9.74. The van der Waals surface area contributed by atoms with Gasteiger partial charge in [0.2, 0.25) is 0 Å². The second kappa shape index (κ2) is 10.6. The van der Waals surface area contributed by atoms with Crippen LogP contribution in [0, 0.1) is 5.92 Å². The summed E-state index contributed by atoms with van der Waals surface area (Å²) in [4.78, 5) is 22.5. The molecule has 1 aromatic carbocycles. The number of hydrogen-bond acceptors (Lipinski definition) is 4. The van der Waals surface area contributed by atoms with Gasteiger partial charge in [0, 0.05) is 43.8 Å². The first-order valence-corrected chi connectivity index (χ1v) is 12.6. The Hall–Kier alpha value is -1.79. The summed E-state index contributed by atoms with van der Waals surface area (Å²) in [5.41, 5.74) is 1.75. The quantitative estimate of drug-likeness (QED) is 0.333. The third kappa shape index (κ3) is 5.17. The molecule has 1 atom stereocenters. The fraction of sp³-hybridized carbons (Fsp3) is 0.593. The number of piperidine rings is 3. The molecule has 2 aromatic rings. The fourth-order valence-electron chi connectivity index (χ4n) is 6.43. The lowest BCUT2D eigenvalue weighted by Crippen LogP contribution is -3.00. The summed E-state index contributed by atoms with van der Waals surface area (Å²) < 4.78 is 7.53. The van der Waals surface area contributed by atoms with Crippen molar-refractivity contribution in [2.75, 3.05) is 26.2 Å². The monoisotopic (exact) mass is 513 g/mol. The fourth-order valence-corrected chi connectivity index (χ4v) is 6.43. The minimum Gasteiger partial charge on any atom is -1.00 e. The van der Waals surface area contributed by atoms with Crippen LogP contribution >= 0.6 is 0 Å². The maximum Gasteiger partial charge on any atom is 0.317 e. The van der Waals surface area contributed by atoms with Gasteiger partial charge in [-0.1, -0.05) is 56.0 Å². The van der Waals surface area contributed by atoms with Gasteiger partial charge in [-0.3, -0.25) is 14.8 Å². The van der Waals surface area contributed by atoms with Gasteiger partial charge in [-0.2, -0.15) is 0 Å². The summed E-state index contributed by atoms with van der Waals surface area (Å²) in [5, 5.41) is 0.